The molecule has 0 aliphatic carbocycles. The molecule has 2 nitrogen and oxygen atoms in total. The van der Waals surface area contributed by atoms with Gasteiger partial charge in [0.05, 0.1) is 6.04 Å². The Labute approximate surface area is 81.7 Å². The minimum Gasteiger partial charge on any atom is -0.315 e. The first-order valence-corrected chi connectivity index (χ1v) is 5.29. The molecule has 1 unspecified atom stereocenters. The second kappa shape index (κ2) is 6.01. The van der Waals surface area contributed by atoms with Crippen LogP contribution in [0.2, 0.25) is 0 Å². The van der Waals surface area contributed by atoms with Gasteiger partial charge in [0, 0.05) is 19.6 Å². The first-order chi connectivity index (χ1) is 6.38. The van der Waals surface area contributed by atoms with E-state index in [4.69, 9.17) is 6.42 Å². The van der Waals surface area contributed by atoms with Crippen LogP contribution in [0.4, 0.5) is 0 Å². The Morgan fingerprint density at radius 1 is 1.46 bits per heavy atom. The fourth-order valence-corrected chi connectivity index (χ4v) is 1.82. The standard InChI is InChI=1S/C11H20N2/c1-3-6-11(4-2)13-9-5-7-12-8-10-13/h2,11-12H,3,5-10H2,1H3. The Morgan fingerprint density at radius 3 is 3.00 bits per heavy atom. The summed E-state index contributed by atoms with van der Waals surface area (Å²) in [6.07, 6.45) is 9.07. The topological polar surface area (TPSA) is 15.3 Å². The fraction of sp³-hybridized carbons (Fsp3) is 0.818. The SMILES string of the molecule is C#CC(CCC)N1CCCNCC1. The lowest BCUT2D eigenvalue weighted by Gasteiger charge is -2.25. The maximum atomic E-state index is 5.53. The highest BCUT2D eigenvalue weighted by atomic mass is 15.2. The summed E-state index contributed by atoms with van der Waals surface area (Å²) >= 11 is 0. The normalized spacial score (nSPS) is 21.8. The number of nitrogens with one attached hydrogen (secondary N) is 1. The van der Waals surface area contributed by atoms with Gasteiger partial charge >= 0.3 is 0 Å². The van der Waals surface area contributed by atoms with Gasteiger partial charge in [-0.25, -0.2) is 0 Å². The molecule has 74 valence electrons. The van der Waals surface area contributed by atoms with Gasteiger partial charge in [0.15, 0.2) is 0 Å². The minimum absolute atomic E-state index is 0.366. The largest absolute Gasteiger partial charge is 0.315 e. The third-order valence-corrected chi connectivity index (χ3v) is 2.57. The number of terminal acetylenes is 1. The van der Waals surface area contributed by atoms with E-state index in [0.29, 0.717) is 6.04 Å². The molecule has 0 saturated carbocycles. The number of hydrogen-bond donors (Lipinski definition) is 1. The van der Waals surface area contributed by atoms with E-state index >= 15 is 0 Å². The van der Waals surface area contributed by atoms with Crippen molar-refractivity contribution in [3.8, 4) is 12.3 Å². The first kappa shape index (κ1) is 10.6. The lowest BCUT2D eigenvalue weighted by atomic mass is 10.1. The van der Waals surface area contributed by atoms with E-state index < -0.39 is 0 Å². The van der Waals surface area contributed by atoms with Gasteiger partial charge in [0.2, 0.25) is 0 Å². The molecule has 0 spiro atoms. The molecule has 1 fully saturated rings. The Morgan fingerprint density at radius 2 is 2.31 bits per heavy atom. The number of nitrogens with zero attached hydrogens (tertiary/aromatic N) is 1. The predicted molar refractivity (Wildman–Crippen MR) is 56.6 cm³/mol. The molecule has 1 N–H and O–H groups in total. The second-order valence-corrected chi connectivity index (χ2v) is 3.61. The Balaban J connectivity index is 2.41. The average molecular weight is 180 g/mol. The lowest BCUT2D eigenvalue weighted by molar-refractivity contribution is 0.241. The van der Waals surface area contributed by atoms with Crippen molar-refractivity contribution in [1.29, 1.82) is 0 Å². The summed E-state index contributed by atoms with van der Waals surface area (Å²) < 4.78 is 0. The van der Waals surface area contributed by atoms with Crippen LogP contribution >= 0.6 is 0 Å². The van der Waals surface area contributed by atoms with Crippen molar-refractivity contribution in [1.82, 2.24) is 10.2 Å². The maximum absolute atomic E-state index is 5.53. The molecule has 1 saturated heterocycles. The van der Waals surface area contributed by atoms with Crippen LogP contribution in [0.5, 0.6) is 0 Å². The van der Waals surface area contributed by atoms with Crippen molar-refractivity contribution >= 4 is 0 Å². The second-order valence-electron chi connectivity index (χ2n) is 3.61. The highest BCUT2D eigenvalue weighted by Crippen LogP contribution is 2.07. The van der Waals surface area contributed by atoms with Gasteiger partial charge in [-0.1, -0.05) is 19.3 Å². The summed E-state index contributed by atoms with van der Waals surface area (Å²) in [6, 6.07) is 0.366. The van der Waals surface area contributed by atoms with E-state index in [-0.39, 0.29) is 0 Å². The summed E-state index contributed by atoms with van der Waals surface area (Å²) in [6.45, 7) is 6.68. The van der Waals surface area contributed by atoms with Crippen molar-refractivity contribution in [3.05, 3.63) is 0 Å². The van der Waals surface area contributed by atoms with Crippen molar-refractivity contribution < 1.29 is 0 Å². The molecule has 0 bridgehead atoms. The molecule has 0 radical (unpaired) electrons. The molecule has 1 aliphatic heterocycles. The van der Waals surface area contributed by atoms with E-state index in [9.17, 15) is 0 Å². The van der Waals surface area contributed by atoms with Crippen LogP contribution in [0.3, 0.4) is 0 Å². The molecule has 1 aliphatic rings. The summed E-state index contributed by atoms with van der Waals surface area (Å²) in [4.78, 5) is 2.43. The molecule has 0 aromatic heterocycles. The van der Waals surface area contributed by atoms with Gasteiger partial charge in [-0.15, -0.1) is 6.42 Å². The zero-order valence-corrected chi connectivity index (χ0v) is 8.55. The highest BCUT2D eigenvalue weighted by Gasteiger charge is 2.15. The van der Waals surface area contributed by atoms with E-state index in [1.807, 2.05) is 0 Å². The van der Waals surface area contributed by atoms with E-state index in [1.165, 1.54) is 12.8 Å². The zero-order valence-electron chi connectivity index (χ0n) is 8.55. The average Bonchev–Trinajstić information content (AvgIpc) is 2.42. The minimum atomic E-state index is 0.366. The molecule has 13 heavy (non-hydrogen) atoms. The van der Waals surface area contributed by atoms with E-state index in [0.717, 1.165) is 32.6 Å². The molecular weight excluding hydrogens is 160 g/mol. The zero-order chi connectivity index (χ0) is 9.52. The van der Waals surface area contributed by atoms with Crippen LogP contribution in [0.1, 0.15) is 26.2 Å². The maximum Gasteiger partial charge on any atom is 0.0712 e. The van der Waals surface area contributed by atoms with Gasteiger partial charge in [-0.2, -0.15) is 0 Å². The van der Waals surface area contributed by atoms with Crippen molar-refractivity contribution in [2.24, 2.45) is 0 Å². The summed E-state index contributed by atoms with van der Waals surface area (Å²) in [5.74, 6) is 2.90. The van der Waals surface area contributed by atoms with Crippen molar-refractivity contribution in [2.75, 3.05) is 26.2 Å². The van der Waals surface area contributed by atoms with Gasteiger partial charge in [0.25, 0.3) is 0 Å². The lowest BCUT2D eigenvalue weighted by Crippen LogP contribution is -2.36. The van der Waals surface area contributed by atoms with Gasteiger partial charge in [0.1, 0.15) is 0 Å². The Bertz CT molecular complexity index is 163. The van der Waals surface area contributed by atoms with Gasteiger partial charge in [-0.05, 0) is 19.4 Å². The Kier molecular flexibility index (Phi) is 4.88. The quantitative estimate of drug-likeness (QED) is 0.654. The van der Waals surface area contributed by atoms with Gasteiger partial charge in [-0.3, -0.25) is 4.90 Å². The third kappa shape index (κ3) is 3.38. The summed E-state index contributed by atoms with van der Waals surface area (Å²) in [5, 5.41) is 3.39. The van der Waals surface area contributed by atoms with Crippen LogP contribution in [0, 0.1) is 12.3 Å². The molecule has 0 aromatic carbocycles. The van der Waals surface area contributed by atoms with E-state index in [2.05, 4.69) is 23.1 Å². The third-order valence-electron chi connectivity index (χ3n) is 2.57. The molecule has 0 amide bonds. The summed E-state index contributed by atoms with van der Waals surface area (Å²) in [5.41, 5.74) is 0. The fourth-order valence-electron chi connectivity index (χ4n) is 1.82. The van der Waals surface area contributed by atoms with Crippen LogP contribution in [0.25, 0.3) is 0 Å². The molecule has 1 atom stereocenters. The smallest absolute Gasteiger partial charge is 0.0712 e. The number of rotatable bonds is 3. The van der Waals surface area contributed by atoms with Crippen LogP contribution < -0.4 is 5.32 Å². The van der Waals surface area contributed by atoms with Gasteiger partial charge < -0.3 is 5.32 Å². The van der Waals surface area contributed by atoms with E-state index in [1.54, 1.807) is 0 Å². The number of hydrogen-bond acceptors (Lipinski definition) is 2. The van der Waals surface area contributed by atoms with Crippen LogP contribution in [-0.4, -0.2) is 37.1 Å². The Hall–Kier alpha value is -0.520. The molecule has 1 heterocycles. The summed E-state index contributed by atoms with van der Waals surface area (Å²) in [7, 11) is 0. The van der Waals surface area contributed by atoms with Crippen molar-refractivity contribution in [2.45, 2.75) is 32.2 Å². The van der Waals surface area contributed by atoms with Crippen LogP contribution in [-0.2, 0) is 0 Å². The molecule has 0 aromatic rings. The molecule has 1 rings (SSSR count). The molecular formula is C11H20N2. The highest BCUT2D eigenvalue weighted by molar-refractivity contribution is 5.00. The predicted octanol–water partition coefficient (Wildman–Crippen LogP) is 1.08. The molecule has 2 heteroatoms. The van der Waals surface area contributed by atoms with Crippen LogP contribution in [0.15, 0.2) is 0 Å². The van der Waals surface area contributed by atoms with Crippen molar-refractivity contribution in [3.63, 3.8) is 0 Å². The first-order valence-electron chi connectivity index (χ1n) is 5.29. The monoisotopic (exact) mass is 180 g/mol.